The molecule has 3 rings (SSSR count). The Morgan fingerprint density at radius 1 is 0.895 bits per heavy atom. The minimum Gasteiger partial charge on any atom is -0.445 e. The van der Waals surface area contributed by atoms with Gasteiger partial charge in [-0.2, -0.15) is 4.80 Å². The number of carbonyl (C=O) groups is 3. The van der Waals surface area contributed by atoms with Gasteiger partial charge in [-0.3, -0.25) is 14.6 Å². The Labute approximate surface area is 222 Å². The van der Waals surface area contributed by atoms with Crippen LogP contribution in [0.2, 0.25) is 0 Å². The van der Waals surface area contributed by atoms with Crippen molar-refractivity contribution >= 4 is 17.8 Å². The van der Waals surface area contributed by atoms with Gasteiger partial charge in [0.2, 0.25) is 11.7 Å². The molecule has 202 valence electrons. The SMILES string of the molecule is CC(C)C[C@H](NC(=O)[C@H](CC(C)C)NC(=O)OCc1ccccc1)C(=O)Cn1nnc(-c2ccncc2)n1. The second-order valence-corrected chi connectivity index (χ2v) is 9.92. The number of Topliss-reactive ketones (excluding diaryl/α,β-unsaturated/α-hetero) is 1. The Balaban J connectivity index is 1.64. The van der Waals surface area contributed by atoms with E-state index in [0.29, 0.717) is 18.7 Å². The van der Waals surface area contributed by atoms with Gasteiger partial charge < -0.3 is 15.4 Å². The van der Waals surface area contributed by atoms with E-state index in [1.807, 2.05) is 58.0 Å². The van der Waals surface area contributed by atoms with Crippen molar-refractivity contribution in [3.8, 4) is 11.4 Å². The molecule has 0 spiro atoms. The van der Waals surface area contributed by atoms with Crippen LogP contribution in [0.5, 0.6) is 0 Å². The third-order valence-electron chi connectivity index (χ3n) is 5.63. The van der Waals surface area contributed by atoms with Gasteiger partial charge in [0, 0.05) is 18.0 Å². The minimum absolute atomic E-state index is 0.0868. The number of pyridine rings is 1. The molecule has 0 aliphatic carbocycles. The molecule has 3 aromatic rings. The van der Waals surface area contributed by atoms with Crippen LogP contribution in [0.25, 0.3) is 11.4 Å². The van der Waals surface area contributed by atoms with E-state index in [1.165, 1.54) is 4.80 Å². The topological polar surface area (TPSA) is 141 Å². The molecule has 38 heavy (non-hydrogen) atoms. The van der Waals surface area contributed by atoms with E-state index in [9.17, 15) is 14.4 Å². The molecule has 2 N–H and O–H groups in total. The van der Waals surface area contributed by atoms with Crippen LogP contribution in [-0.2, 0) is 27.5 Å². The minimum atomic E-state index is -0.858. The number of nitrogens with one attached hydrogen (secondary N) is 2. The van der Waals surface area contributed by atoms with Crippen LogP contribution < -0.4 is 10.6 Å². The third kappa shape index (κ3) is 9.06. The third-order valence-corrected chi connectivity index (χ3v) is 5.63. The van der Waals surface area contributed by atoms with Crippen molar-refractivity contribution < 1.29 is 19.1 Å². The number of tetrazole rings is 1. The van der Waals surface area contributed by atoms with E-state index in [4.69, 9.17) is 4.74 Å². The lowest BCUT2D eigenvalue weighted by molar-refractivity contribution is -0.130. The van der Waals surface area contributed by atoms with Crippen molar-refractivity contribution in [2.75, 3.05) is 0 Å². The van der Waals surface area contributed by atoms with E-state index < -0.39 is 24.1 Å². The fourth-order valence-corrected chi connectivity index (χ4v) is 3.80. The second-order valence-electron chi connectivity index (χ2n) is 9.92. The van der Waals surface area contributed by atoms with Gasteiger partial charge in [0.15, 0.2) is 5.78 Å². The summed E-state index contributed by atoms with van der Waals surface area (Å²) in [5.74, 6) is -0.0861. The Kier molecular flexibility index (Phi) is 10.4. The largest absolute Gasteiger partial charge is 0.445 e. The lowest BCUT2D eigenvalue weighted by Crippen LogP contribution is -2.52. The van der Waals surface area contributed by atoms with E-state index in [1.54, 1.807) is 24.5 Å². The van der Waals surface area contributed by atoms with Gasteiger partial charge in [-0.05, 0) is 47.6 Å². The summed E-state index contributed by atoms with van der Waals surface area (Å²) < 4.78 is 5.30. The first-order valence-electron chi connectivity index (χ1n) is 12.7. The Morgan fingerprint density at radius 2 is 1.55 bits per heavy atom. The fraction of sp³-hybridized carbons (Fsp3) is 0.444. The van der Waals surface area contributed by atoms with Gasteiger partial charge in [0.25, 0.3) is 0 Å². The van der Waals surface area contributed by atoms with Crippen LogP contribution in [-0.4, -0.2) is 55.1 Å². The van der Waals surface area contributed by atoms with Crippen LogP contribution in [0.1, 0.15) is 46.1 Å². The smallest absolute Gasteiger partial charge is 0.408 e. The van der Waals surface area contributed by atoms with E-state index in [-0.39, 0.29) is 30.8 Å². The summed E-state index contributed by atoms with van der Waals surface area (Å²) in [6.07, 6.45) is 3.35. The number of amides is 2. The highest BCUT2D eigenvalue weighted by Crippen LogP contribution is 2.13. The highest BCUT2D eigenvalue weighted by Gasteiger charge is 2.29. The molecule has 0 aliphatic heterocycles. The maximum atomic E-state index is 13.2. The van der Waals surface area contributed by atoms with Crippen molar-refractivity contribution in [2.45, 2.75) is 65.8 Å². The number of ether oxygens (including phenoxy) is 1. The number of rotatable bonds is 13. The molecule has 2 amide bonds. The predicted octanol–water partition coefficient (Wildman–Crippen LogP) is 3.18. The molecule has 11 heteroatoms. The Morgan fingerprint density at radius 3 is 2.21 bits per heavy atom. The molecule has 0 bridgehead atoms. The van der Waals surface area contributed by atoms with Gasteiger partial charge >= 0.3 is 6.09 Å². The molecule has 0 unspecified atom stereocenters. The zero-order chi connectivity index (χ0) is 27.5. The number of nitrogens with zero attached hydrogens (tertiary/aromatic N) is 5. The Bertz CT molecular complexity index is 1180. The highest BCUT2D eigenvalue weighted by molar-refractivity contribution is 5.92. The van der Waals surface area contributed by atoms with Crippen molar-refractivity contribution in [1.82, 2.24) is 35.8 Å². The van der Waals surface area contributed by atoms with E-state index >= 15 is 0 Å². The summed E-state index contributed by atoms with van der Waals surface area (Å²) in [5, 5.41) is 17.8. The van der Waals surface area contributed by atoms with Crippen molar-refractivity contribution in [1.29, 1.82) is 0 Å². The van der Waals surface area contributed by atoms with Crippen LogP contribution in [0.3, 0.4) is 0 Å². The number of hydrogen-bond donors (Lipinski definition) is 2. The molecule has 0 radical (unpaired) electrons. The standard InChI is InChI=1S/C27H35N7O4/c1-18(2)14-22(24(35)16-34-32-25(31-33-34)21-10-12-28-13-11-21)29-26(36)23(15-19(3)4)30-27(37)38-17-20-8-6-5-7-9-20/h5-13,18-19,22-23H,14-17H2,1-4H3,(H,29,36)(H,30,37)/t22-,23-/m0/s1. The fourth-order valence-electron chi connectivity index (χ4n) is 3.80. The first kappa shape index (κ1) is 28.4. The molecule has 11 nitrogen and oxygen atoms in total. The summed E-state index contributed by atoms with van der Waals surface area (Å²) in [6, 6.07) is 11.1. The lowest BCUT2D eigenvalue weighted by atomic mass is 9.98. The normalized spacial score (nSPS) is 12.7. The Hall–Kier alpha value is -4.15. The number of ketones is 1. The molecular weight excluding hydrogens is 486 g/mol. The number of alkyl carbamates (subject to hydrolysis) is 1. The van der Waals surface area contributed by atoms with Gasteiger partial charge in [-0.15, -0.1) is 10.2 Å². The summed E-state index contributed by atoms with van der Waals surface area (Å²) in [6.45, 7) is 7.76. The first-order chi connectivity index (χ1) is 18.2. The van der Waals surface area contributed by atoms with Crippen molar-refractivity contribution in [3.05, 3.63) is 60.4 Å². The van der Waals surface area contributed by atoms with E-state index in [0.717, 1.165) is 11.1 Å². The van der Waals surface area contributed by atoms with Crippen LogP contribution >= 0.6 is 0 Å². The molecule has 1 aromatic carbocycles. The van der Waals surface area contributed by atoms with Crippen molar-refractivity contribution in [2.24, 2.45) is 11.8 Å². The van der Waals surface area contributed by atoms with Gasteiger partial charge in [-0.1, -0.05) is 58.0 Å². The summed E-state index contributed by atoms with van der Waals surface area (Å²) in [5.41, 5.74) is 1.57. The molecule has 2 aromatic heterocycles. The van der Waals surface area contributed by atoms with E-state index in [2.05, 4.69) is 31.0 Å². The average Bonchev–Trinajstić information content (AvgIpc) is 3.35. The number of benzene rings is 1. The summed E-state index contributed by atoms with van der Waals surface area (Å²) >= 11 is 0. The molecular formula is C27H35N7O4. The molecule has 0 saturated carbocycles. The molecule has 2 atom stereocenters. The quantitative estimate of drug-likeness (QED) is 0.349. The molecule has 0 aliphatic rings. The zero-order valence-electron chi connectivity index (χ0n) is 22.2. The highest BCUT2D eigenvalue weighted by atomic mass is 16.5. The zero-order valence-corrected chi connectivity index (χ0v) is 22.2. The van der Waals surface area contributed by atoms with Crippen molar-refractivity contribution in [3.63, 3.8) is 0 Å². The number of aromatic nitrogens is 5. The van der Waals surface area contributed by atoms with Crippen LogP contribution in [0.15, 0.2) is 54.9 Å². The molecule has 0 fully saturated rings. The van der Waals surface area contributed by atoms with Gasteiger partial charge in [0.1, 0.15) is 19.2 Å². The number of carbonyl (C=O) groups excluding carboxylic acids is 3. The average molecular weight is 522 g/mol. The van der Waals surface area contributed by atoms with Gasteiger partial charge in [-0.25, -0.2) is 4.79 Å². The lowest BCUT2D eigenvalue weighted by Gasteiger charge is -2.24. The maximum absolute atomic E-state index is 13.2. The maximum Gasteiger partial charge on any atom is 0.408 e. The van der Waals surface area contributed by atoms with Crippen LogP contribution in [0, 0.1) is 11.8 Å². The number of hydrogen-bond acceptors (Lipinski definition) is 8. The van der Waals surface area contributed by atoms with Crippen LogP contribution in [0.4, 0.5) is 4.79 Å². The first-order valence-corrected chi connectivity index (χ1v) is 12.7. The second kappa shape index (κ2) is 14.0. The van der Waals surface area contributed by atoms with Gasteiger partial charge in [0.05, 0.1) is 6.04 Å². The summed E-state index contributed by atoms with van der Waals surface area (Å²) in [4.78, 5) is 44.1. The summed E-state index contributed by atoms with van der Waals surface area (Å²) in [7, 11) is 0. The monoisotopic (exact) mass is 521 g/mol. The molecule has 2 heterocycles. The predicted molar refractivity (Wildman–Crippen MR) is 140 cm³/mol. The molecule has 0 saturated heterocycles.